The maximum Gasteiger partial charge on any atom is 0.276 e. The van der Waals surface area contributed by atoms with Gasteiger partial charge in [-0.25, -0.2) is 9.97 Å². The van der Waals surface area contributed by atoms with Gasteiger partial charge < -0.3 is 5.21 Å². The Kier molecular flexibility index (Phi) is 12.8. The predicted octanol–water partition coefficient (Wildman–Crippen LogP) is 8.41. The van der Waals surface area contributed by atoms with Crippen molar-refractivity contribution in [2.75, 3.05) is 23.0 Å². The number of azo groups is 1. The zero-order valence-electron chi connectivity index (χ0n) is 18.8. The SMILES string of the molecule is CCCSc1ccc(N=[N+]([O-])c2ccc(SCCC)nc2SCCC)c(SCCC)n1. The second-order valence-corrected chi connectivity index (χ2v) is 11.1. The highest BCUT2D eigenvalue weighted by Gasteiger charge is 2.17. The first-order valence-corrected chi connectivity index (χ1v) is 14.8. The summed E-state index contributed by atoms with van der Waals surface area (Å²) >= 11 is 6.73. The summed E-state index contributed by atoms with van der Waals surface area (Å²) in [6, 6.07) is 7.63. The lowest BCUT2D eigenvalue weighted by Crippen LogP contribution is -1.98. The van der Waals surface area contributed by atoms with Crippen LogP contribution in [0, 0.1) is 5.21 Å². The van der Waals surface area contributed by atoms with E-state index >= 15 is 0 Å². The Morgan fingerprint density at radius 3 is 1.77 bits per heavy atom. The molecule has 2 heterocycles. The monoisotopic (exact) mass is 496 g/mol. The summed E-state index contributed by atoms with van der Waals surface area (Å²) in [5.74, 6) is 3.90. The molecule has 0 spiro atoms. The van der Waals surface area contributed by atoms with Crippen LogP contribution in [-0.4, -0.2) is 37.8 Å². The van der Waals surface area contributed by atoms with E-state index in [2.05, 4.69) is 32.8 Å². The largest absolute Gasteiger partial charge is 0.594 e. The van der Waals surface area contributed by atoms with Crippen molar-refractivity contribution >= 4 is 58.4 Å². The van der Waals surface area contributed by atoms with Crippen LogP contribution in [-0.2, 0) is 0 Å². The van der Waals surface area contributed by atoms with Crippen LogP contribution in [0.1, 0.15) is 53.4 Å². The van der Waals surface area contributed by atoms with Gasteiger partial charge >= 0.3 is 0 Å². The standard InChI is InChI=1S/C22H32N4OS4/c1-5-13-28-19-11-9-17(21(23-19)30-15-7-3)25-26(27)18-10-12-20(29-14-6-2)24-22(18)31-16-8-4/h9-12H,5-8,13-16H2,1-4H3. The molecule has 0 unspecified atom stereocenters. The average Bonchev–Trinajstić information content (AvgIpc) is 2.79. The summed E-state index contributed by atoms with van der Waals surface area (Å²) in [5, 5.41) is 20.9. The highest BCUT2D eigenvalue weighted by molar-refractivity contribution is 8.00. The summed E-state index contributed by atoms with van der Waals surface area (Å²) in [4.78, 5) is 10.2. The van der Waals surface area contributed by atoms with Gasteiger partial charge in [0, 0.05) is 11.2 Å². The molecule has 0 N–H and O–H groups in total. The van der Waals surface area contributed by atoms with Crippen LogP contribution in [0.25, 0.3) is 0 Å². The second kappa shape index (κ2) is 15.0. The number of nitrogens with zero attached hydrogens (tertiary/aromatic N) is 4. The lowest BCUT2D eigenvalue weighted by molar-refractivity contribution is -0.438. The predicted molar refractivity (Wildman–Crippen MR) is 138 cm³/mol. The fourth-order valence-corrected chi connectivity index (χ4v) is 5.64. The van der Waals surface area contributed by atoms with Gasteiger partial charge in [0.25, 0.3) is 5.69 Å². The van der Waals surface area contributed by atoms with E-state index in [0.717, 1.165) is 68.8 Å². The van der Waals surface area contributed by atoms with Crippen molar-refractivity contribution in [2.24, 2.45) is 5.11 Å². The highest BCUT2D eigenvalue weighted by Crippen LogP contribution is 2.35. The molecule has 0 atom stereocenters. The van der Waals surface area contributed by atoms with Gasteiger partial charge in [-0.1, -0.05) is 39.5 Å². The van der Waals surface area contributed by atoms with Crippen LogP contribution in [0.3, 0.4) is 0 Å². The van der Waals surface area contributed by atoms with Crippen molar-refractivity contribution in [2.45, 2.75) is 73.5 Å². The molecular formula is C22H32N4OS4. The minimum atomic E-state index is 0.496. The number of rotatable bonds is 14. The molecule has 0 aliphatic carbocycles. The van der Waals surface area contributed by atoms with E-state index in [4.69, 9.17) is 9.97 Å². The molecule has 2 aromatic heterocycles. The van der Waals surface area contributed by atoms with E-state index in [1.807, 2.05) is 24.3 Å². The van der Waals surface area contributed by atoms with Crippen LogP contribution in [0.2, 0.25) is 0 Å². The van der Waals surface area contributed by atoms with Crippen LogP contribution in [0.4, 0.5) is 11.4 Å². The molecule has 0 radical (unpaired) electrons. The fraction of sp³-hybridized carbons (Fsp3) is 0.545. The molecule has 9 heteroatoms. The molecule has 170 valence electrons. The summed E-state index contributed by atoms with van der Waals surface area (Å²) in [7, 11) is 0. The van der Waals surface area contributed by atoms with Gasteiger partial charge in [-0.05, 0) is 71.8 Å². The lowest BCUT2D eigenvalue weighted by atomic mass is 10.4. The molecule has 0 saturated carbocycles. The van der Waals surface area contributed by atoms with E-state index in [-0.39, 0.29) is 0 Å². The molecule has 0 bridgehead atoms. The van der Waals surface area contributed by atoms with Gasteiger partial charge in [0.15, 0.2) is 10.7 Å². The van der Waals surface area contributed by atoms with Crippen molar-refractivity contribution in [1.29, 1.82) is 0 Å². The fourth-order valence-electron chi connectivity index (χ4n) is 2.39. The number of aromatic nitrogens is 2. The summed E-state index contributed by atoms with van der Waals surface area (Å²) < 4.78 is 0. The van der Waals surface area contributed by atoms with Crippen LogP contribution in [0.5, 0.6) is 0 Å². The zero-order chi connectivity index (χ0) is 22.5. The van der Waals surface area contributed by atoms with Gasteiger partial charge in [-0.3, -0.25) is 0 Å². The molecule has 0 fully saturated rings. The third-order valence-corrected chi connectivity index (χ3v) is 8.47. The maximum absolute atomic E-state index is 13.1. The first kappa shape index (κ1) is 26.4. The molecule has 0 saturated heterocycles. The number of thioether (sulfide) groups is 4. The molecule has 2 aromatic rings. The molecule has 0 aliphatic heterocycles. The normalized spacial score (nSPS) is 11.8. The summed E-state index contributed by atoms with van der Waals surface area (Å²) in [5.41, 5.74) is 1.11. The molecule has 0 aromatic carbocycles. The van der Waals surface area contributed by atoms with E-state index in [1.54, 1.807) is 47.0 Å². The number of hydrogen-bond acceptors (Lipinski definition) is 8. The maximum atomic E-state index is 13.1. The van der Waals surface area contributed by atoms with Gasteiger partial charge in [-0.15, -0.1) is 35.3 Å². The Morgan fingerprint density at radius 2 is 1.19 bits per heavy atom. The van der Waals surface area contributed by atoms with E-state index < -0.39 is 0 Å². The molecule has 0 aliphatic rings. The Labute approximate surface area is 203 Å². The van der Waals surface area contributed by atoms with Crippen LogP contribution in [0.15, 0.2) is 49.5 Å². The third kappa shape index (κ3) is 8.86. The minimum Gasteiger partial charge on any atom is -0.594 e. The van der Waals surface area contributed by atoms with Crippen molar-refractivity contribution in [3.63, 3.8) is 0 Å². The van der Waals surface area contributed by atoms with E-state index in [0.29, 0.717) is 16.2 Å². The Hall–Kier alpha value is -0.900. The van der Waals surface area contributed by atoms with Gasteiger partial charge in [0.2, 0.25) is 0 Å². The molecule has 0 amide bonds. The minimum absolute atomic E-state index is 0.496. The quantitative estimate of drug-likeness (QED) is 0.112. The van der Waals surface area contributed by atoms with E-state index in [1.165, 1.54) is 0 Å². The summed E-state index contributed by atoms with van der Waals surface area (Å²) in [6.45, 7) is 8.58. The first-order valence-electron chi connectivity index (χ1n) is 10.8. The van der Waals surface area contributed by atoms with Crippen LogP contribution >= 0.6 is 47.0 Å². The topological polar surface area (TPSA) is 64.2 Å². The average molecular weight is 497 g/mol. The van der Waals surface area contributed by atoms with Crippen molar-refractivity contribution in [3.8, 4) is 0 Å². The Bertz CT molecular complexity index is 848. The van der Waals surface area contributed by atoms with Crippen molar-refractivity contribution in [3.05, 3.63) is 29.5 Å². The molecule has 5 nitrogen and oxygen atoms in total. The van der Waals surface area contributed by atoms with E-state index in [9.17, 15) is 5.21 Å². The van der Waals surface area contributed by atoms with Crippen molar-refractivity contribution < 1.29 is 4.86 Å². The second-order valence-electron chi connectivity index (χ2n) is 6.71. The first-order chi connectivity index (χ1) is 15.1. The summed E-state index contributed by atoms with van der Waals surface area (Å²) in [6.07, 6.45) is 4.25. The smallest absolute Gasteiger partial charge is 0.276 e. The molecular weight excluding hydrogens is 465 g/mol. The number of pyridine rings is 2. The van der Waals surface area contributed by atoms with Crippen molar-refractivity contribution in [1.82, 2.24) is 9.97 Å². The third-order valence-electron chi connectivity index (χ3n) is 3.83. The molecule has 2 rings (SSSR count). The van der Waals surface area contributed by atoms with Gasteiger partial charge in [-0.2, -0.15) is 0 Å². The van der Waals surface area contributed by atoms with Gasteiger partial charge in [0.05, 0.1) is 10.1 Å². The van der Waals surface area contributed by atoms with Gasteiger partial charge in [0.1, 0.15) is 5.03 Å². The highest BCUT2D eigenvalue weighted by atomic mass is 32.2. The van der Waals surface area contributed by atoms with Crippen LogP contribution < -0.4 is 0 Å². The zero-order valence-corrected chi connectivity index (χ0v) is 22.1. The Morgan fingerprint density at radius 1 is 0.710 bits per heavy atom. The number of hydrogen-bond donors (Lipinski definition) is 0. The Balaban J connectivity index is 2.37. The lowest BCUT2D eigenvalue weighted by Gasteiger charge is -2.09. The molecule has 31 heavy (non-hydrogen) atoms.